The van der Waals surface area contributed by atoms with Gasteiger partial charge in [-0.25, -0.2) is 4.79 Å². The van der Waals surface area contributed by atoms with Gasteiger partial charge in [-0.1, -0.05) is 0 Å². The number of aliphatic carboxylic acids is 3. The predicted molar refractivity (Wildman–Crippen MR) is 102 cm³/mol. The van der Waals surface area contributed by atoms with Crippen LogP contribution in [0.15, 0.2) is 0 Å². The zero-order chi connectivity index (χ0) is 23.3. The van der Waals surface area contributed by atoms with Crippen molar-refractivity contribution in [2.75, 3.05) is 13.1 Å². The Balaban J connectivity index is 2.13. The summed E-state index contributed by atoms with van der Waals surface area (Å²) in [5.74, 6) is -6.18. The molecule has 13 nitrogen and oxygen atoms in total. The maximum atomic E-state index is 12.8. The third-order valence-corrected chi connectivity index (χ3v) is 5.36. The largest absolute Gasteiger partial charge is 0.481 e. The molecule has 0 bridgehead atoms. The van der Waals surface area contributed by atoms with Crippen LogP contribution in [-0.2, 0) is 28.8 Å². The number of nitrogens with two attached hydrogens (primary N) is 1. The minimum atomic E-state index is -1.50. The van der Waals surface area contributed by atoms with Crippen molar-refractivity contribution in [1.82, 2.24) is 15.1 Å². The highest BCUT2D eigenvalue weighted by molar-refractivity contribution is 5.96. The molecule has 172 valence electrons. The highest BCUT2D eigenvalue weighted by Gasteiger charge is 2.41. The summed E-state index contributed by atoms with van der Waals surface area (Å²) >= 11 is 0. The Kier molecular flexibility index (Phi) is 7.91. The fraction of sp³-hybridized carbons (Fsp3) is 0.667. The van der Waals surface area contributed by atoms with Gasteiger partial charge in [0, 0.05) is 13.1 Å². The van der Waals surface area contributed by atoms with Gasteiger partial charge >= 0.3 is 17.9 Å². The van der Waals surface area contributed by atoms with Gasteiger partial charge < -0.3 is 36.2 Å². The van der Waals surface area contributed by atoms with Crippen LogP contribution < -0.4 is 11.1 Å². The van der Waals surface area contributed by atoms with E-state index in [1.54, 1.807) is 0 Å². The number of likely N-dealkylation sites (tertiary alicyclic amines) is 2. The molecule has 3 amide bonds. The number of carbonyl (C=O) groups is 6. The molecule has 0 aromatic heterocycles. The van der Waals surface area contributed by atoms with E-state index < -0.39 is 72.6 Å². The first-order valence-electron chi connectivity index (χ1n) is 9.86. The minimum absolute atomic E-state index is 0.125. The van der Waals surface area contributed by atoms with Gasteiger partial charge in [0.25, 0.3) is 0 Å². The highest BCUT2D eigenvalue weighted by Crippen LogP contribution is 2.21. The van der Waals surface area contributed by atoms with Crippen molar-refractivity contribution >= 4 is 35.6 Å². The molecule has 13 heteroatoms. The number of rotatable bonds is 9. The molecular weight excluding hydrogens is 416 g/mol. The maximum Gasteiger partial charge on any atom is 0.326 e. The monoisotopic (exact) mass is 442 g/mol. The number of hydrogen-bond acceptors (Lipinski definition) is 7. The average Bonchev–Trinajstić information content (AvgIpc) is 3.34. The van der Waals surface area contributed by atoms with Crippen LogP contribution in [0.5, 0.6) is 0 Å². The third-order valence-electron chi connectivity index (χ3n) is 5.36. The minimum Gasteiger partial charge on any atom is -0.481 e. The molecule has 0 aliphatic carbocycles. The number of nitrogens with zero attached hydrogens (tertiary/aromatic N) is 2. The molecule has 0 aromatic rings. The first-order chi connectivity index (χ1) is 14.5. The lowest BCUT2D eigenvalue weighted by Crippen LogP contribution is -2.57. The molecule has 2 heterocycles. The van der Waals surface area contributed by atoms with E-state index >= 15 is 0 Å². The van der Waals surface area contributed by atoms with Crippen LogP contribution in [0.1, 0.15) is 38.5 Å². The van der Waals surface area contributed by atoms with Gasteiger partial charge in [-0.2, -0.15) is 0 Å². The molecule has 0 saturated carbocycles. The molecule has 2 fully saturated rings. The van der Waals surface area contributed by atoms with Gasteiger partial charge in [0.15, 0.2) is 0 Å². The zero-order valence-corrected chi connectivity index (χ0v) is 16.7. The van der Waals surface area contributed by atoms with Crippen LogP contribution in [-0.4, -0.2) is 98.0 Å². The van der Waals surface area contributed by atoms with E-state index in [9.17, 15) is 33.9 Å². The van der Waals surface area contributed by atoms with Crippen molar-refractivity contribution < 1.29 is 44.1 Å². The molecule has 2 aliphatic heterocycles. The quantitative estimate of drug-likeness (QED) is 0.260. The Hall–Kier alpha value is -3.22. The first kappa shape index (κ1) is 24.1. The van der Waals surface area contributed by atoms with Gasteiger partial charge in [-0.15, -0.1) is 0 Å². The van der Waals surface area contributed by atoms with Crippen molar-refractivity contribution in [3.8, 4) is 0 Å². The Bertz CT molecular complexity index is 771. The Morgan fingerprint density at radius 1 is 0.839 bits per heavy atom. The van der Waals surface area contributed by atoms with Gasteiger partial charge in [-0.3, -0.25) is 24.0 Å². The molecule has 2 aliphatic rings. The summed E-state index contributed by atoms with van der Waals surface area (Å²) in [5.41, 5.74) is 5.60. The number of nitrogens with one attached hydrogen (secondary N) is 1. The van der Waals surface area contributed by atoms with E-state index in [2.05, 4.69) is 5.32 Å². The summed E-state index contributed by atoms with van der Waals surface area (Å²) in [4.78, 5) is 73.6. The standard InChI is InChI=1S/C18H26N4O9/c19-9(7-13(23)24)16(28)21-5-1-3-11(21)15(27)20-10(8-14(25)26)17(29)22-6-2-4-12(22)18(30)31/h9-12H,1-8,19H2,(H,20,27)(H,23,24)(H,25,26)(H,30,31). The molecule has 0 aromatic carbocycles. The molecular formula is C18H26N4O9. The lowest BCUT2D eigenvalue weighted by Gasteiger charge is -2.30. The zero-order valence-electron chi connectivity index (χ0n) is 16.7. The normalized spacial score (nSPS) is 22.6. The van der Waals surface area contributed by atoms with Gasteiger partial charge in [-0.05, 0) is 25.7 Å². The lowest BCUT2D eigenvalue weighted by molar-refractivity contribution is -0.151. The van der Waals surface area contributed by atoms with E-state index in [1.807, 2.05) is 0 Å². The number of carboxylic acid groups (broad SMARTS) is 3. The maximum absolute atomic E-state index is 12.8. The summed E-state index contributed by atoms with van der Waals surface area (Å²) in [6.45, 7) is 0.287. The van der Waals surface area contributed by atoms with E-state index in [-0.39, 0.29) is 25.9 Å². The molecule has 0 spiro atoms. The van der Waals surface area contributed by atoms with Gasteiger partial charge in [0.1, 0.15) is 18.1 Å². The van der Waals surface area contributed by atoms with E-state index in [1.165, 1.54) is 0 Å². The second-order valence-electron chi connectivity index (χ2n) is 7.58. The van der Waals surface area contributed by atoms with Crippen LogP contribution in [0.4, 0.5) is 0 Å². The topological polar surface area (TPSA) is 208 Å². The van der Waals surface area contributed by atoms with Crippen molar-refractivity contribution in [3.63, 3.8) is 0 Å². The van der Waals surface area contributed by atoms with Crippen molar-refractivity contribution in [3.05, 3.63) is 0 Å². The van der Waals surface area contributed by atoms with Crippen molar-refractivity contribution in [1.29, 1.82) is 0 Å². The summed E-state index contributed by atoms with van der Waals surface area (Å²) in [7, 11) is 0. The number of hydrogen-bond donors (Lipinski definition) is 5. The first-order valence-corrected chi connectivity index (χ1v) is 9.86. The number of carboxylic acids is 3. The second-order valence-corrected chi connectivity index (χ2v) is 7.58. The fourth-order valence-corrected chi connectivity index (χ4v) is 3.92. The van der Waals surface area contributed by atoms with E-state index in [0.29, 0.717) is 12.8 Å². The summed E-state index contributed by atoms with van der Waals surface area (Å²) < 4.78 is 0. The van der Waals surface area contributed by atoms with Gasteiger partial charge in [0.2, 0.25) is 17.7 Å². The molecule has 2 saturated heterocycles. The second kappa shape index (κ2) is 10.2. The van der Waals surface area contributed by atoms with Crippen LogP contribution >= 0.6 is 0 Å². The molecule has 2 rings (SSSR count). The fourth-order valence-electron chi connectivity index (χ4n) is 3.92. The van der Waals surface area contributed by atoms with Crippen LogP contribution in [0.2, 0.25) is 0 Å². The average molecular weight is 442 g/mol. The highest BCUT2D eigenvalue weighted by atomic mass is 16.4. The predicted octanol–water partition coefficient (Wildman–Crippen LogP) is -2.19. The van der Waals surface area contributed by atoms with Crippen molar-refractivity contribution in [2.24, 2.45) is 5.73 Å². The Labute approximate surface area is 177 Å². The number of amides is 3. The lowest BCUT2D eigenvalue weighted by atomic mass is 10.1. The summed E-state index contributed by atoms with van der Waals surface area (Å²) in [6.07, 6.45) is -0.0485. The molecule has 4 unspecified atom stereocenters. The Morgan fingerprint density at radius 2 is 1.35 bits per heavy atom. The molecule has 0 radical (unpaired) electrons. The third kappa shape index (κ3) is 5.90. The molecule has 31 heavy (non-hydrogen) atoms. The summed E-state index contributed by atoms with van der Waals surface area (Å²) in [5, 5.41) is 29.6. The van der Waals surface area contributed by atoms with Crippen LogP contribution in [0.25, 0.3) is 0 Å². The smallest absolute Gasteiger partial charge is 0.326 e. The summed E-state index contributed by atoms with van der Waals surface area (Å²) in [6, 6.07) is -4.98. The van der Waals surface area contributed by atoms with Gasteiger partial charge in [0.05, 0.1) is 18.9 Å². The molecule has 4 atom stereocenters. The Morgan fingerprint density at radius 3 is 1.87 bits per heavy atom. The van der Waals surface area contributed by atoms with Crippen LogP contribution in [0.3, 0.4) is 0 Å². The van der Waals surface area contributed by atoms with Crippen LogP contribution in [0, 0.1) is 0 Å². The number of carbonyl (C=O) groups excluding carboxylic acids is 3. The molecule has 6 N–H and O–H groups in total. The SMILES string of the molecule is NC(CC(=O)O)C(=O)N1CCCC1C(=O)NC(CC(=O)O)C(=O)N1CCCC1C(=O)O. The van der Waals surface area contributed by atoms with E-state index in [4.69, 9.17) is 15.9 Å². The van der Waals surface area contributed by atoms with E-state index in [0.717, 1.165) is 9.80 Å². The van der Waals surface area contributed by atoms with Crippen molar-refractivity contribution in [2.45, 2.75) is 62.7 Å².